The maximum atomic E-state index is 14.5. The molecule has 208 valence electrons. The van der Waals surface area contributed by atoms with E-state index in [0.29, 0.717) is 12.8 Å². The molecule has 4 rings (SSSR count). The molecule has 1 aliphatic heterocycles. The fraction of sp³-hybridized carbons (Fsp3) is 0.448. The van der Waals surface area contributed by atoms with E-state index in [2.05, 4.69) is 52.3 Å². The zero-order valence-electron chi connectivity index (χ0n) is 22.8. The van der Waals surface area contributed by atoms with Crippen LogP contribution in [0.15, 0.2) is 41.2 Å². The van der Waals surface area contributed by atoms with Gasteiger partial charge in [0.2, 0.25) is 5.91 Å². The predicted molar refractivity (Wildman–Crippen MR) is 148 cm³/mol. The monoisotopic (exact) mass is 537 g/mol. The molecule has 3 aromatic rings. The topological polar surface area (TPSA) is 96.8 Å². The number of rotatable bonds is 10. The molecule has 1 fully saturated rings. The normalized spacial score (nSPS) is 14.0. The molecule has 2 heterocycles. The van der Waals surface area contributed by atoms with Gasteiger partial charge in [0, 0.05) is 43.7 Å². The van der Waals surface area contributed by atoms with Crippen LogP contribution in [0.1, 0.15) is 36.6 Å². The Morgan fingerprint density at radius 1 is 1.08 bits per heavy atom. The van der Waals surface area contributed by atoms with Crippen LogP contribution >= 0.6 is 0 Å². The molecule has 0 spiro atoms. The third-order valence-corrected chi connectivity index (χ3v) is 7.22. The third kappa shape index (κ3) is 6.81. The highest BCUT2D eigenvalue weighted by molar-refractivity contribution is 5.87. The SMILES string of the molecule is CCOC(=O)Cc1nn(CNC(=O)CCCN2CCN(c3cccc(C)c3C)CC2)c(=O)c2c(F)cccc12. The van der Waals surface area contributed by atoms with Gasteiger partial charge in [-0.2, -0.15) is 5.10 Å². The summed E-state index contributed by atoms with van der Waals surface area (Å²) in [5, 5.41) is 7.04. The van der Waals surface area contributed by atoms with Crippen molar-refractivity contribution in [1.82, 2.24) is 20.0 Å². The zero-order valence-corrected chi connectivity index (χ0v) is 22.8. The lowest BCUT2D eigenvalue weighted by Gasteiger charge is -2.37. The van der Waals surface area contributed by atoms with Gasteiger partial charge < -0.3 is 15.0 Å². The highest BCUT2D eigenvalue weighted by Crippen LogP contribution is 2.24. The van der Waals surface area contributed by atoms with E-state index in [4.69, 9.17) is 4.74 Å². The van der Waals surface area contributed by atoms with E-state index >= 15 is 0 Å². The van der Waals surface area contributed by atoms with Crippen LogP contribution in [0.5, 0.6) is 0 Å². The molecule has 1 aromatic heterocycles. The molecule has 1 N–H and O–H groups in total. The van der Waals surface area contributed by atoms with E-state index in [-0.39, 0.29) is 42.1 Å². The van der Waals surface area contributed by atoms with E-state index in [1.165, 1.54) is 28.9 Å². The Hall–Kier alpha value is -3.79. The van der Waals surface area contributed by atoms with Crippen molar-refractivity contribution < 1.29 is 18.7 Å². The Morgan fingerprint density at radius 2 is 1.82 bits per heavy atom. The van der Waals surface area contributed by atoms with Gasteiger partial charge in [-0.25, -0.2) is 9.07 Å². The Bertz CT molecular complexity index is 1400. The summed E-state index contributed by atoms with van der Waals surface area (Å²) in [6.45, 7) is 10.5. The molecule has 0 saturated carbocycles. The maximum Gasteiger partial charge on any atom is 0.311 e. The Labute approximate surface area is 227 Å². The van der Waals surface area contributed by atoms with Gasteiger partial charge in [0.05, 0.1) is 24.1 Å². The van der Waals surface area contributed by atoms with E-state index in [1.54, 1.807) is 13.0 Å². The lowest BCUT2D eigenvalue weighted by atomic mass is 10.1. The summed E-state index contributed by atoms with van der Waals surface area (Å²) in [4.78, 5) is 42.2. The van der Waals surface area contributed by atoms with Gasteiger partial charge in [-0.1, -0.05) is 24.3 Å². The second-order valence-electron chi connectivity index (χ2n) is 9.80. The number of anilines is 1. The lowest BCUT2D eigenvalue weighted by molar-refractivity contribution is -0.142. The second kappa shape index (κ2) is 12.8. The summed E-state index contributed by atoms with van der Waals surface area (Å²) in [7, 11) is 0. The average molecular weight is 538 g/mol. The molecule has 1 amide bonds. The van der Waals surface area contributed by atoms with E-state index in [0.717, 1.165) is 37.4 Å². The molecule has 0 aliphatic carbocycles. The molecule has 0 radical (unpaired) electrons. The Morgan fingerprint density at radius 3 is 2.56 bits per heavy atom. The first-order chi connectivity index (χ1) is 18.8. The van der Waals surface area contributed by atoms with Gasteiger partial charge in [-0.3, -0.25) is 19.3 Å². The number of amides is 1. The Balaban J connectivity index is 1.30. The summed E-state index contributed by atoms with van der Waals surface area (Å²) >= 11 is 0. The van der Waals surface area contributed by atoms with Gasteiger partial charge in [0.15, 0.2) is 0 Å². The number of nitrogens with zero attached hydrogens (tertiary/aromatic N) is 4. The number of aryl methyl sites for hydroxylation is 1. The minimum atomic E-state index is -0.706. The average Bonchev–Trinajstić information content (AvgIpc) is 2.91. The number of hydrogen-bond acceptors (Lipinski definition) is 7. The third-order valence-electron chi connectivity index (χ3n) is 7.22. The van der Waals surface area contributed by atoms with Crippen molar-refractivity contribution in [3.8, 4) is 0 Å². The van der Waals surface area contributed by atoms with Crippen LogP contribution in [0.3, 0.4) is 0 Å². The quantitative estimate of drug-likeness (QED) is 0.397. The number of aromatic nitrogens is 2. The van der Waals surface area contributed by atoms with Crippen LogP contribution in [-0.4, -0.2) is 65.9 Å². The molecule has 0 bridgehead atoms. The van der Waals surface area contributed by atoms with Crippen molar-refractivity contribution in [1.29, 1.82) is 0 Å². The Kier molecular flexibility index (Phi) is 9.29. The van der Waals surface area contributed by atoms with Gasteiger partial charge >= 0.3 is 5.97 Å². The van der Waals surface area contributed by atoms with Crippen molar-refractivity contribution in [2.24, 2.45) is 0 Å². The molecule has 0 atom stereocenters. The van der Waals surface area contributed by atoms with Crippen molar-refractivity contribution >= 4 is 28.3 Å². The van der Waals surface area contributed by atoms with Gasteiger partial charge in [0.1, 0.15) is 12.5 Å². The summed E-state index contributed by atoms with van der Waals surface area (Å²) in [6, 6.07) is 10.6. The van der Waals surface area contributed by atoms with Gasteiger partial charge in [0.25, 0.3) is 5.56 Å². The summed E-state index contributed by atoms with van der Waals surface area (Å²) < 4.78 is 20.5. The number of fused-ring (bicyclic) bond motifs is 1. The molecule has 2 aromatic carbocycles. The first-order valence-corrected chi connectivity index (χ1v) is 13.4. The summed E-state index contributed by atoms with van der Waals surface area (Å²) in [5.74, 6) is -1.46. The largest absolute Gasteiger partial charge is 0.466 e. The molecule has 9 nitrogen and oxygen atoms in total. The smallest absolute Gasteiger partial charge is 0.311 e. The number of carbonyl (C=O) groups excluding carboxylic acids is 2. The van der Waals surface area contributed by atoms with Gasteiger partial charge in [-0.15, -0.1) is 0 Å². The molecular weight excluding hydrogens is 501 g/mol. The molecule has 10 heteroatoms. The molecule has 1 aliphatic rings. The first kappa shape index (κ1) is 28.2. The number of ether oxygens (including phenoxy) is 1. The number of esters is 1. The number of nitrogens with one attached hydrogen (secondary N) is 1. The highest BCUT2D eigenvalue weighted by atomic mass is 19.1. The van der Waals surface area contributed by atoms with E-state index in [1.807, 2.05) is 0 Å². The minimum Gasteiger partial charge on any atom is -0.466 e. The van der Waals surface area contributed by atoms with Crippen LogP contribution in [0, 0.1) is 19.7 Å². The van der Waals surface area contributed by atoms with Crippen molar-refractivity contribution in [2.75, 3.05) is 44.2 Å². The first-order valence-electron chi connectivity index (χ1n) is 13.4. The van der Waals surface area contributed by atoms with E-state index < -0.39 is 17.3 Å². The number of carbonyl (C=O) groups is 2. The number of benzene rings is 2. The fourth-order valence-corrected chi connectivity index (χ4v) is 4.95. The highest BCUT2D eigenvalue weighted by Gasteiger charge is 2.20. The maximum absolute atomic E-state index is 14.5. The lowest BCUT2D eigenvalue weighted by Crippen LogP contribution is -2.47. The van der Waals surface area contributed by atoms with Crippen LogP contribution < -0.4 is 15.8 Å². The van der Waals surface area contributed by atoms with E-state index in [9.17, 15) is 18.8 Å². The van der Waals surface area contributed by atoms with Crippen LogP contribution in [0.25, 0.3) is 10.8 Å². The molecule has 0 unspecified atom stereocenters. The second-order valence-corrected chi connectivity index (χ2v) is 9.80. The minimum absolute atomic E-state index is 0.166. The van der Waals surface area contributed by atoms with Crippen LogP contribution in [0.2, 0.25) is 0 Å². The molecular formula is C29H36FN5O4. The molecule has 1 saturated heterocycles. The zero-order chi connectivity index (χ0) is 27.9. The van der Waals surface area contributed by atoms with Crippen LogP contribution in [0.4, 0.5) is 10.1 Å². The summed E-state index contributed by atoms with van der Waals surface area (Å²) in [5.41, 5.74) is 3.45. The van der Waals surface area contributed by atoms with Crippen LogP contribution in [-0.2, 0) is 27.4 Å². The number of piperazine rings is 1. The number of halogens is 1. The van der Waals surface area contributed by atoms with Crippen molar-refractivity contribution in [3.05, 3.63) is 69.4 Å². The number of hydrogen-bond donors (Lipinski definition) is 1. The predicted octanol–water partition coefficient (Wildman–Crippen LogP) is 2.93. The van der Waals surface area contributed by atoms with Gasteiger partial charge in [-0.05, 0) is 57.0 Å². The summed E-state index contributed by atoms with van der Waals surface area (Å²) in [6.07, 6.45) is 0.764. The van der Waals surface area contributed by atoms with Crippen molar-refractivity contribution in [3.63, 3.8) is 0 Å². The standard InChI is InChI=1S/C29H36FN5O4/c1-4-39-27(37)18-24-22-9-6-10-23(30)28(22)29(38)35(32-24)19-31-26(36)12-7-13-33-14-16-34(17-15-33)25-11-5-8-20(2)21(25)3/h5-6,8-11H,4,7,12-19H2,1-3H3,(H,31,36). The van der Waals surface area contributed by atoms with Crippen molar-refractivity contribution in [2.45, 2.75) is 46.7 Å². The fourth-order valence-electron chi connectivity index (χ4n) is 4.95. The molecule has 39 heavy (non-hydrogen) atoms.